The monoisotopic (exact) mass is 401 g/mol. The maximum atomic E-state index is 12.9. The van der Waals surface area contributed by atoms with Crippen LogP contribution in [0, 0.1) is 11.3 Å². The molecule has 0 amide bonds. The first kappa shape index (κ1) is 19.5. The molecule has 5 nitrogen and oxygen atoms in total. The molecule has 29 heavy (non-hydrogen) atoms. The van der Waals surface area contributed by atoms with E-state index in [1.165, 1.54) is 6.07 Å². The van der Waals surface area contributed by atoms with Gasteiger partial charge < -0.3 is 9.80 Å². The molecule has 2 heterocycles. The second-order valence-electron chi connectivity index (χ2n) is 7.72. The number of hydrogen-bond donors (Lipinski definition) is 0. The summed E-state index contributed by atoms with van der Waals surface area (Å²) < 4.78 is 38.8. The SMILES string of the molecule is CN(c1ccnc(C2CC2)n1)C1CCN(c2ccc(C(F)(F)F)cc2C#N)CC1. The topological polar surface area (TPSA) is 56.1 Å². The molecule has 2 aromatic rings. The number of nitriles is 1. The van der Waals surface area contributed by atoms with E-state index in [9.17, 15) is 18.4 Å². The minimum Gasteiger partial charge on any atom is -0.370 e. The van der Waals surface area contributed by atoms with Crippen LogP contribution in [-0.2, 0) is 6.18 Å². The molecule has 2 aliphatic rings. The highest BCUT2D eigenvalue weighted by Gasteiger charge is 2.32. The fourth-order valence-electron chi connectivity index (χ4n) is 3.86. The van der Waals surface area contributed by atoms with Crippen LogP contribution in [-0.4, -0.2) is 36.1 Å². The Hall–Kier alpha value is -2.82. The Morgan fingerprint density at radius 3 is 2.48 bits per heavy atom. The number of aromatic nitrogens is 2. The van der Waals surface area contributed by atoms with E-state index in [1.807, 2.05) is 30.3 Å². The third kappa shape index (κ3) is 4.14. The maximum absolute atomic E-state index is 12.9. The second-order valence-corrected chi connectivity index (χ2v) is 7.72. The van der Waals surface area contributed by atoms with Crippen molar-refractivity contribution in [3.63, 3.8) is 0 Å². The molecule has 0 spiro atoms. The molecular formula is C21H22F3N5. The first-order valence-electron chi connectivity index (χ1n) is 9.79. The van der Waals surface area contributed by atoms with Crippen LogP contribution in [0.5, 0.6) is 0 Å². The van der Waals surface area contributed by atoms with Gasteiger partial charge in [0.1, 0.15) is 17.7 Å². The molecule has 1 aliphatic carbocycles. The Bertz CT molecular complexity index is 925. The molecule has 2 fully saturated rings. The summed E-state index contributed by atoms with van der Waals surface area (Å²) in [7, 11) is 2.03. The lowest BCUT2D eigenvalue weighted by Crippen LogP contribution is -2.44. The van der Waals surface area contributed by atoms with Gasteiger partial charge in [0.2, 0.25) is 0 Å². The van der Waals surface area contributed by atoms with E-state index >= 15 is 0 Å². The van der Waals surface area contributed by atoms with Crippen molar-refractivity contribution in [3.05, 3.63) is 47.4 Å². The lowest BCUT2D eigenvalue weighted by atomic mass is 10.0. The highest BCUT2D eigenvalue weighted by molar-refractivity contribution is 5.61. The zero-order valence-electron chi connectivity index (χ0n) is 16.2. The molecular weight excluding hydrogens is 379 g/mol. The van der Waals surface area contributed by atoms with Crippen molar-refractivity contribution in [1.82, 2.24) is 9.97 Å². The van der Waals surface area contributed by atoms with Crippen LogP contribution >= 0.6 is 0 Å². The standard InChI is InChI=1S/C21H22F3N5/c1-28(19-6-9-26-20(27-19)14-2-3-14)17-7-10-29(11-8-17)18-5-4-16(21(22,23)24)12-15(18)13-25/h4-6,9,12,14,17H,2-3,7-8,10-11H2,1H3. The smallest absolute Gasteiger partial charge is 0.370 e. The van der Waals surface area contributed by atoms with Gasteiger partial charge in [0, 0.05) is 38.3 Å². The number of hydrogen-bond acceptors (Lipinski definition) is 5. The van der Waals surface area contributed by atoms with Gasteiger partial charge in [-0.2, -0.15) is 18.4 Å². The minimum absolute atomic E-state index is 0.0662. The van der Waals surface area contributed by atoms with Crippen LogP contribution in [0.15, 0.2) is 30.5 Å². The van der Waals surface area contributed by atoms with Crippen molar-refractivity contribution in [1.29, 1.82) is 5.26 Å². The second kappa shape index (κ2) is 7.54. The number of piperidine rings is 1. The molecule has 0 atom stereocenters. The van der Waals surface area contributed by atoms with Crippen molar-refractivity contribution < 1.29 is 13.2 Å². The van der Waals surface area contributed by atoms with Gasteiger partial charge in [-0.1, -0.05) is 0 Å². The number of nitrogens with zero attached hydrogens (tertiary/aromatic N) is 5. The molecule has 1 aliphatic heterocycles. The summed E-state index contributed by atoms with van der Waals surface area (Å²) in [6, 6.07) is 7.53. The highest BCUT2D eigenvalue weighted by atomic mass is 19.4. The van der Waals surface area contributed by atoms with Gasteiger partial charge in [0.25, 0.3) is 0 Å². The van der Waals surface area contributed by atoms with Gasteiger partial charge >= 0.3 is 6.18 Å². The molecule has 0 unspecified atom stereocenters. The summed E-state index contributed by atoms with van der Waals surface area (Å²) in [5.74, 6) is 2.32. The van der Waals surface area contributed by atoms with Crippen molar-refractivity contribution in [2.24, 2.45) is 0 Å². The Morgan fingerprint density at radius 2 is 1.86 bits per heavy atom. The van der Waals surface area contributed by atoms with E-state index in [0.717, 1.165) is 49.5 Å². The van der Waals surface area contributed by atoms with Crippen molar-refractivity contribution >= 4 is 11.5 Å². The van der Waals surface area contributed by atoms with E-state index < -0.39 is 11.7 Å². The minimum atomic E-state index is -4.45. The largest absolute Gasteiger partial charge is 0.416 e. The summed E-state index contributed by atoms with van der Waals surface area (Å²) in [6.07, 6.45) is 1.34. The average Bonchev–Trinajstić information content (AvgIpc) is 3.58. The zero-order valence-corrected chi connectivity index (χ0v) is 16.2. The van der Waals surface area contributed by atoms with Crippen molar-refractivity contribution in [3.8, 4) is 6.07 Å². The molecule has 4 rings (SSSR count). The summed E-state index contributed by atoms with van der Waals surface area (Å²) in [4.78, 5) is 13.2. The highest BCUT2D eigenvalue weighted by Crippen LogP contribution is 2.38. The number of halogens is 3. The Kier molecular flexibility index (Phi) is 5.07. The molecule has 8 heteroatoms. The van der Waals surface area contributed by atoms with Crippen LogP contribution in [0.25, 0.3) is 0 Å². The van der Waals surface area contributed by atoms with Gasteiger partial charge in [-0.05, 0) is 49.9 Å². The molecule has 0 N–H and O–H groups in total. The third-order valence-corrected chi connectivity index (χ3v) is 5.76. The molecule has 1 saturated heterocycles. The summed E-state index contributed by atoms with van der Waals surface area (Å²) in [6.45, 7) is 1.35. The van der Waals surface area contributed by atoms with E-state index in [2.05, 4.69) is 9.88 Å². The third-order valence-electron chi connectivity index (χ3n) is 5.76. The zero-order chi connectivity index (χ0) is 20.6. The van der Waals surface area contributed by atoms with Gasteiger partial charge in [-0.3, -0.25) is 0 Å². The van der Waals surface area contributed by atoms with E-state index in [0.29, 0.717) is 24.7 Å². The quantitative estimate of drug-likeness (QED) is 0.762. The van der Waals surface area contributed by atoms with Crippen molar-refractivity contribution in [2.45, 2.75) is 43.8 Å². The van der Waals surface area contributed by atoms with Crippen LogP contribution in [0.1, 0.15) is 48.6 Å². The van der Waals surface area contributed by atoms with Crippen molar-refractivity contribution in [2.75, 3.05) is 29.9 Å². The van der Waals surface area contributed by atoms with E-state index in [4.69, 9.17) is 4.98 Å². The van der Waals surface area contributed by atoms with Gasteiger partial charge in [-0.15, -0.1) is 0 Å². The number of alkyl halides is 3. The first-order chi connectivity index (χ1) is 13.9. The number of anilines is 2. The number of rotatable bonds is 4. The van der Waals surface area contributed by atoms with Gasteiger partial charge in [0.05, 0.1) is 16.8 Å². The average molecular weight is 401 g/mol. The Labute approximate surface area is 167 Å². The Balaban J connectivity index is 1.44. The lowest BCUT2D eigenvalue weighted by Gasteiger charge is -2.38. The van der Waals surface area contributed by atoms with Crippen LogP contribution in [0.2, 0.25) is 0 Å². The van der Waals surface area contributed by atoms with Gasteiger partial charge in [0.15, 0.2) is 0 Å². The summed E-state index contributed by atoms with van der Waals surface area (Å²) in [5, 5.41) is 9.34. The first-order valence-corrected chi connectivity index (χ1v) is 9.79. The van der Waals surface area contributed by atoms with Crippen LogP contribution in [0.3, 0.4) is 0 Å². The van der Waals surface area contributed by atoms with Crippen LogP contribution < -0.4 is 9.80 Å². The Morgan fingerprint density at radius 1 is 1.14 bits per heavy atom. The van der Waals surface area contributed by atoms with E-state index in [-0.39, 0.29) is 11.6 Å². The summed E-state index contributed by atoms with van der Waals surface area (Å²) >= 11 is 0. The number of benzene rings is 1. The molecule has 1 saturated carbocycles. The lowest BCUT2D eigenvalue weighted by molar-refractivity contribution is -0.137. The molecule has 152 valence electrons. The van der Waals surface area contributed by atoms with Crippen LogP contribution in [0.4, 0.5) is 24.7 Å². The summed E-state index contributed by atoms with van der Waals surface area (Å²) in [5.41, 5.74) is -0.154. The molecule has 0 radical (unpaired) electrons. The van der Waals surface area contributed by atoms with Gasteiger partial charge in [-0.25, -0.2) is 9.97 Å². The molecule has 0 bridgehead atoms. The normalized spacial score (nSPS) is 17.8. The predicted molar refractivity (Wildman–Crippen MR) is 104 cm³/mol. The fraction of sp³-hybridized carbons (Fsp3) is 0.476. The molecule has 1 aromatic carbocycles. The van der Waals surface area contributed by atoms with E-state index in [1.54, 1.807) is 0 Å². The maximum Gasteiger partial charge on any atom is 0.416 e. The fourth-order valence-corrected chi connectivity index (χ4v) is 3.86. The predicted octanol–water partition coefficient (Wildman–Crippen LogP) is 4.35. The molecule has 1 aromatic heterocycles.